The second-order valence-electron chi connectivity index (χ2n) is 5.88. The number of ether oxygens (including phenoxy) is 1. The smallest absolute Gasteiger partial charge is 0.307 e. The fourth-order valence-electron chi connectivity index (χ4n) is 2.69. The summed E-state index contributed by atoms with van der Waals surface area (Å²) < 4.78 is 5.70. The van der Waals surface area contributed by atoms with Crippen molar-refractivity contribution in [3.05, 3.63) is 70.5 Å². The van der Waals surface area contributed by atoms with Gasteiger partial charge in [-0.25, -0.2) is 4.68 Å². The number of esters is 1. The van der Waals surface area contributed by atoms with E-state index in [1.807, 2.05) is 18.2 Å². The number of benzene rings is 2. The summed E-state index contributed by atoms with van der Waals surface area (Å²) in [6.45, 7) is -0.304. The Morgan fingerprint density at radius 2 is 1.81 bits per heavy atom. The van der Waals surface area contributed by atoms with Gasteiger partial charge in [-0.15, -0.1) is 5.10 Å². The van der Waals surface area contributed by atoms with Crippen molar-refractivity contribution in [2.24, 2.45) is 0 Å². The van der Waals surface area contributed by atoms with Crippen LogP contribution in [0.3, 0.4) is 0 Å². The quantitative estimate of drug-likeness (QED) is 0.658. The number of aromatic nitrogens is 3. The van der Waals surface area contributed by atoms with E-state index in [0.29, 0.717) is 10.9 Å². The molecule has 0 saturated heterocycles. The molecule has 3 aromatic rings. The predicted octanol–water partition coefficient (Wildman–Crippen LogP) is 1.21. The van der Waals surface area contributed by atoms with Gasteiger partial charge in [-0.3, -0.25) is 14.4 Å². The van der Waals surface area contributed by atoms with Crippen LogP contribution < -0.4 is 10.9 Å². The lowest BCUT2D eigenvalue weighted by Crippen LogP contribution is -2.37. The molecule has 1 heterocycles. The summed E-state index contributed by atoms with van der Waals surface area (Å²) in [6.07, 6.45) is -0.0233. The zero-order valence-electron chi connectivity index (χ0n) is 14.7. The van der Waals surface area contributed by atoms with Gasteiger partial charge in [0, 0.05) is 0 Å². The van der Waals surface area contributed by atoms with Gasteiger partial charge >= 0.3 is 5.97 Å². The van der Waals surface area contributed by atoms with Crippen LogP contribution in [0.2, 0.25) is 0 Å². The van der Waals surface area contributed by atoms with Crippen LogP contribution in [0.25, 0.3) is 10.9 Å². The molecule has 8 nitrogen and oxygen atoms in total. The average Bonchev–Trinajstić information content (AvgIpc) is 2.70. The average molecular weight is 366 g/mol. The number of rotatable bonds is 6. The first kappa shape index (κ1) is 18.2. The van der Waals surface area contributed by atoms with Crippen molar-refractivity contribution >= 4 is 22.8 Å². The van der Waals surface area contributed by atoms with Crippen LogP contribution in [0.15, 0.2) is 59.4 Å². The maximum Gasteiger partial charge on any atom is 0.307 e. The first-order chi connectivity index (χ1) is 13.1. The minimum absolute atomic E-state index is 0.0233. The summed E-state index contributed by atoms with van der Waals surface area (Å²) in [4.78, 5) is 36.6. The molecule has 0 saturated carbocycles. The van der Waals surface area contributed by atoms with Crippen molar-refractivity contribution < 1.29 is 14.3 Å². The highest BCUT2D eigenvalue weighted by molar-refractivity contribution is 5.79. The van der Waals surface area contributed by atoms with Gasteiger partial charge in [-0.05, 0) is 17.7 Å². The maximum absolute atomic E-state index is 12.5. The number of fused-ring (bicyclic) bond motifs is 1. The Hall–Kier alpha value is -3.55. The number of nitrogens with one attached hydrogen (secondary N) is 1. The van der Waals surface area contributed by atoms with Crippen LogP contribution in [-0.2, 0) is 20.9 Å². The lowest BCUT2D eigenvalue weighted by Gasteiger charge is -2.18. The van der Waals surface area contributed by atoms with Gasteiger partial charge in [-0.1, -0.05) is 47.7 Å². The van der Waals surface area contributed by atoms with E-state index in [0.717, 1.165) is 10.2 Å². The molecule has 1 N–H and O–H groups in total. The molecule has 0 spiro atoms. The van der Waals surface area contributed by atoms with Crippen molar-refractivity contribution in [2.75, 3.05) is 7.11 Å². The topological polar surface area (TPSA) is 103 Å². The standard InChI is InChI=1S/C19H18N4O4/c1-27-18(25)11-16(13-7-3-2-4-8-13)20-17(24)12-23-19(26)14-9-5-6-10-15(14)21-22-23/h2-10,16H,11-12H2,1H3,(H,20,24). The Morgan fingerprint density at radius 3 is 2.56 bits per heavy atom. The van der Waals surface area contributed by atoms with Crippen molar-refractivity contribution in [3.63, 3.8) is 0 Å². The molecule has 3 rings (SSSR count). The largest absolute Gasteiger partial charge is 0.469 e. The molecule has 0 aliphatic rings. The molecular formula is C19H18N4O4. The van der Waals surface area contributed by atoms with Crippen molar-refractivity contribution in [3.8, 4) is 0 Å². The van der Waals surface area contributed by atoms with E-state index in [1.54, 1.807) is 36.4 Å². The summed E-state index contributed by atoms with van der Waals surface area (Å²) in [6, 6.07) is 15.3. The van der Waals surface area contributed by atoms with E-state index >= 15 is 0 Å². The molecule has 8 heteroatoms. The molecule has 138 valence electrons. The van der Waals surface area contributed by atoms with Crippen LogP contribution in [0.5, 0.6) is 0 Å². The molecule has 0 bridgehead atoms. The summed E-state index contributed by atoms with van der Waals surface area (Å²) in [5.41, 5.74) is 0.820. The maximum atomic E-state index is 12.5. The number of carbonyl (C=O) groups is 2. The molecule has 0 aliphatic carbocycles. The van der Waals surface area contributed by atoms with Gasteiger partial charge in [0.05, 0.1) is 25.0 Å². The normalized spacial score (nSPS) is 11.7. The molecule has 1 aromatic heterocycles. The second kappa shape index (κ2) is 8.22. The van der Waals surface area contributed by atoms with Gasteiger partial charge in [-0.2, -0.15) is 0 Å². The Labute approximate surface area is 154 Å². The third-order valence-corrected chi connectivity index (χ3v) is 4.06. The Bertz CT molecular complexity index is 1020. The van der Waals surface area contributed by atoms with Gasteiger partial charge in [0.25, 0.3) is 5.56 Å². The molecular weight excluding hydrogens is 348 g/mol. The summed E-state index contributed by atoms with van der Waals surface area (Å²) in [7, 11) is 1.29. The fraction of sp³-hybridized carbons (Fsp3) is 0.211. The molecule has 0 fully saturated rings. The van der Waals surface area contributed by atoms with E-state index in [1.165, 1.54) is 7.11 Å². The Balaban J connectivity index is 1.79. The number of carbonyl (C=O) groups excluding carboxylic acids is 2. The highest BCUT2D eigenvalue weighted by Gasteiger charge is 2.19. The summed E-state index contributed by atoms with van der Waals surface area (Å²) in [5.74, 6) is -0.911. The minimum Gasteiger partial charge on any atom is -0.469 e. The molecule has 1 amide bonds. The van der Waals surface area contributed by atoms with Crippen LogP contribution in [0, 0.1) is 0 Å². The van der Waals surface area contributed by atoms with Gasteiger partial charge in [0.2, 0.25) is 5.91 Å². The zero-order valence-corrected chi connectivity index (χ0v) is 14.7. The Morgan fingerprint density at radius 1 is 1.11 bits per heavy atom. The molecule has 2 aromatic carbocycles. The van der Waals surface area contributed by atoms with Crippen molar-refractivity contribution in [1.82, 2.24) is 20.3 Å². The van der Waals surface area contributed by atoms with Crippen LogP contribution >= 0.6 is 0 Å². The number of hydrogen-bond acceptors (Lipinski definition) is 6. The molecule has 0 radical (unpaired) electrons. The SMILES string of the molecule is COC(=O)CC(NC(=O)Cn1nnc2ccccc2c1=O)c1ccccc1. The zero-order chi connectivity index (χ0) is 19.2. The number of hydrogen-bond donors (Lipinski definition) is 1. The van der Waals surface area contributed by atoms with E-state index < -0.39 is 23.5 Å². The lowest BCUT2D eigenvalue weighted by atomic mass is 10.0. The highest BCUT2D eigenvalue weighted by atomic mass is 16.5. The molecule has 0 aliphatic heterocycles. The van der Waals surface area contributed by atoms with Crippen molar-refractivity contribution in [1.29, 1.82) is 0 Å². The molecule has 27 heavy (non-hydrogen) atoms. The van der Waals surface area contributed by atoms with Crippen LogP contribution in [0.1, 0.15) is 18.0 Å². The lowest BCUT2D eigenvalue weighted by molar-refractivity contribution is -0.141. The minimum atomic E-state index is -0.574. The molecule has 1 unspecified atom stereocenters. The van der Waals surface area contributed by atoms with Crippen LogP contribution in [0.4, 0.5) is 0 Å². The fourth-order valence-corrected chi connectivity index (χ4v) is 2.69. The third kappa shape index (κ3) is 4.35. The van der Waals surface area contributed by atoms with E-state index in [-0.39, 0.29) is 13.0 Å². The van der Waals surface area contributed by atoms with Gasteiger partial charge in [0.1, 0.15) is 12.1 Å². The summed E-state index contributed by atoms with van der Waals surface area (Å²) in [5, 5.41) is 10.9. The first-order valence-corrected chi connectivity index (χ1v) is 8.32. The van der Waals surface area contributed by atoms with Gasteiger partial charge in [0.15, 0.2) is 0 Å². The van der Waals surface area contributed by atoms with E-state index in [4.69, 9.17) is 4.74 Å². The number of nitrogens with zero attached hydrogens (tertiary/aromatic N) is 3. The van der Waals surface area contributed by atoms with E-state index in [9.17, 15) is 14.4 Å². The van der Waals surface area contributed by atoms with Gasteiger partial charge < -0.3 is 10.1 Å². The highest BCUT2D eigenvalue weighted by Crippen LogP contribution is 2.17. The Kier molecular flexibility index (Phi) is 5.55. The third-order valence-electron chi connectivity index (χ3n) is 4.06. The van der Waals surface area contributed by atoms with Crippen molar-refractivity contribution in [2.45, 2.75) is 19.0 Å². The number of methoxy groups -OCH3 is 1. The number of amides is 1. The molecule has 1 atom stereocenters. The van der Waals surface area contributed by atoms with Crippen LogP contribution in [-0.4, -0.2) is 34.0 Å². The predicted molar refractivity (Wildman–Crippen MR) is 97.8 cm³/mol. The second-order valence-corrected chi connectivity index (χ2v) is 5.88. The first-order valence-electron chi connectivity index (χ1n) is 8.32. The van der Waals surface area contributed by atoms with E-state index in [2.05, 4.69) is 15.6 Å². The summed E-state index contributed by atoms with van der Waals surface area (Å²) >= 11 is 0. The monoisotopic (exact) mass is 366 g/mol.